The first-order chi connectivity index (χ1) is 16.4. The zero-order valence-electron chi connectivity index (χ0n) is 18.9. The number of carbonyl (C=O) groups is 1. The number of aliphatic carboxylic acids is 1. The van der Waals surface area contributed by atoms with Crippen molar-refractivity contribution in [2.75, 3.05) is 7.11 Å². The summed E-state index contributed by atoms with van der Waals surface area (Å²) in [6.45, 7) is 0. The number of hydrogen-bond acceptors (Lipinski definition) is 3. The highest BCUT2D eigenvalue weighted by atomic mass is 35.5. The third-order valence-corrected chi connectivity index (χ3v) is 7.33. The van der Waals surface area contributed by atoms with Gasteiger partial charge in [-0.2, -0.15) is 0 Å². The fraction of sp³-hybridized carbons (Fsp3) is 0.321. The molecule has 2 aliphatic rings. The van der Waals surface area contributed by atoms with Crippen LogP contribution in [0.5, 0.6) is 11.5 Å². The van der Waals surface area contributed by atoms with Crippen molar-refractivity contribution in [3.63, 3.8) is 0 Å². The van der Waals surface area contributed by atoms with Crippen LogP contribution in [0.4, 0.5) is 4.39 Å². The van der Waals surface area contributed by atoms with Gasteiger partial charge >= 0.3 is 5.97 Å². The summed E-state index contributed by atoms with van der Waals surface area (Å²) in [4.78, 5) is 11.4. The molecule has 0 bridgehead atoms. The molecule has 0 aromatic heterocycles. The summed E-state index contributed by atoms with van der Waals surface area (Å²) in [5, 5.41) is 9.87. The van der Waals surface area contributed by atoms with E-state index in [0.29, 0.717) is 27.8 Å². The summed E-state index contributed by atoms with van der Waals surface area (Å²) in [5.41, 5.74) is 4.05. The number of carboxylic acid groups (broad SMARTS) is 1. The second kappa shape index (κ2) is 9.30. The van der Waals surface area contributed by atoms with Crippen LogP contribution in [0, 0.1) is 11.7 Å². The first kappa shape index (κ1) is 22.7. The molecule has 2 atom stereocenters. The molecule has 0 heterocycles. The summed E-state index contributed by atoms with van der Waals surface area (Å²) < 4.78 is 26.2. The van der Waals surface area contributed by atoms with Gasteiger partial charge in [-0.15, -0.1) is 0 Å². The van der Waals surface area contributed by atoms with Crippen molar-refractivity contribution < 1.29 is 23.8 Å². The van der Waals surface area contributed by atoms with Crippen molar-refractivity contribution in [2.45, 2.75) is 44.1 Å². The normalized spacial score (nSPS) is 17.8. The molecule has 2 aliphatic carbocycles. The lowest BCUT2D eigenvalue weighted by molar-refractivity contribution is -0.137. The Hall–Kier alpha value is -3.05. The summed E-state index contributed by atoms with van der Waals surface area (Å²) in [7, 11) is 1.55. The highest BCUT2D eigenvalue weighted by Gasteiger charge is 2.34. The minimum absolute atomic E-state index is 0.0201. The predicted octanol–water partition coefficient (Wildman–Crippen LogP) is 7.19. The van der Waals surface area contributed by atoms with Crippen LogP contribution in [0.1, 0.15) is 54.4 Å². The highest BCUT2D eigenvalue weighted by molar-refractivity contribution is 6.34. The van der Waals surface area contributed by atoms with E-state index in [1.165, 1.54) is 6.07 Å². The number of fused-ring (bicyclic) bond motifs is 1. The van der Waals surface area contributed by atoms with Gasteiger partial charge in [0.2, 0.25) is 0 Å². The van der Waals surface area contributed by atoms with Crippen LogP contribution in [0.3, 0.4) is 0 Å². The smallest absolute Gasteiger partial charge is 0.303 e. The van der Waals surface area contributed by atoms with Crippen molar-refractivity contribution in [1.29, 1.82) is 0 Å². The molecule has 0 aliphatic heterocycles. The Labute approximate surface area is 203 Å². The van der Waals surface area contributed by atoms with Crippen LogP contribution in [0.25, 0.3) is 11.1 Å². The number of ether oxygens (including phenoxy) is 2. The van der Waals surface area contributed by atoms with Gasteiger partial charge in [-0.3, -0.25) is 4.79 Å². The fourth-order valence-corrected chi connectivity index (χ4v) is 5.39. The van der Waals surface area contributed by atoms with E-state index in [1.54, 1.807) is 19.2 Å². The van der Waals surface area contributed by atoms with Crippen molar-refractivity contribution in [1.82, 2.24) is 0 Å². The van der Waals surface area contributed by atoms with Crippen LogP contribution in [-0.2, 0) is 11.2 Å². The molecule has 0 spiro atoms. The number of methoxy groups -OCH3 is 1. The molecule has 176 valence electrons. The molecule has 1 fully saturated rings. The Kier molecular flexibility index (Phi) is 6.22. The molecule has 1 saturated carbocycles. The standard InChI is InChI=1S/C28H26ClFO4/c1-33-18-7-11-25(30)24(14-18)22-9-8-20-21(28(22)29)10-12-26(20)34-19-4-2-3-17(13-19)23(15-27(31)32)16-5-6-16/h2-4,7-9,11,13-14,16,23,26H,5-6,10,12,15H2,1H3,(H,31,32)/t23?,26-/m1/s1. The van der Waals surface area contributed by atoms with Gasteiger partial charge in [-0.25, -0.2) is 4.39 Å². The maximum absolute atomic E-state index is 14.6. The van der Waals surface area contributed by atoms with Crippen LogP contribution >= 0.6 is 11.6 Å². The molecule has 3 aromatic rings. The summed E-state index contributed by atoms with van der Waals surface area (Å²) in [5.74, 6) is 0.633. The molecule has 5 rings (SSSR count). The van der Waals surface area contributed by atoms with Gasteiger partial charge in [0.05, 0.1) is 18.6 Å². The molecule has 3 aromatic carbocycles. The van der Waals surface area contributed by atoms with Crippen LogP contribution in [-0.4, -0.2) is 18.2 Å². The quantitative estimate of drug-likeness (QED) is 0.370. The van der Waals surface area contributed by atoms with E-state index in [0.717, 1.165) is 48.1 Å². The molecule has 0 amide bonds. The maximum Gasteiger partial charge on any atom is 0.303 e. The van der Waals surface area contributed by atoms with Gasteiger partial charge in [0.15, 0.2) is 0 Å². The Bertz CT molecular complexity index is 1240. The number of rotatable bonds is 8. The van der Waals surface area contributed by atoms with E-state index >= 15 is 0 Å². The number of benzene rings is 3. The first-order valence-corrected chi connectivity index (χ1v) is 12.0. The lowest BCUT2D eigenvalue weighted by Gasteiger charge is -2.19. The molecule has 0 saturated heterocycles. The van der Waals surface area contributed by atoms with Crippen molar-refractivity contribution in [3.8, 4) is 22.6 Å². The number of halogens is 2. The summed E-state index contributed by atoms with van der Waals surface area (Å²) in [6.07, 6.45) is 3.64. The topological polar surface area (TPSA) is 55.8 Å². The fourth-order valence-electron chi connectivity index (χ4n) is 5.02. The average molecular weight is 481 g/mol. The van der Waals surface area contributed by atoms with Gasteiger partial charge in [-0.05, 0) is 84.5 Å². The van der Waals surface area contributed by atoms with Crippen molar-refractivity contribution >= 4 is 17.6 Å². The Balaban J connectivity index is 1.40. The Morgan fingerprint density at radius 2 is 1.91 bits per heavy atom. The molecule has 6 heteroatoms. The van der Waals surface area contributed by atoms with Crippen molar-refractivity contribution in [2.24, 2.45) is 5.92 Å². The molecular weight excluding hydrogens is 455 g/mol. The molecular formula is C28H26ClFO4. The van der Waals surface area contributed by atoms with E-state index in [4.69, 9.17) is 21.1 Å². The zero-order chi connectivity index (χ0) is 23.8. The van der Waals surface area contributed by atoms with E-state index < -0.39 is 5.97 Å². The average Bonchev–Trinajstić information content (AvgIpc) is 3.59. The number of hydrogen-bond donors (Lipinski definition) is 1. The Morgan fingerprint density at radius 3 is 2.65 bits per heavy atom. The molecule has 4 nitrogen and oxygen atoms in total. The highest BCUT2D eigenvalue weighted by Crippen LogP contribution is 2.46. The van der Waals surface area contributed by atoms with Crippen LogP contribution in [0.15, 0.2) is 54.6 Å². The largest absolute Gasteiger partial charge is 0.497 e. The minimum atomic E-state index is -0.772. The van der Waals surface area contributed by atoms with Crippen LogP contribution < -0.4 is 9.47 Å². The second-order valence-electron chi connectivity index (χ2n) is 9.10. The van der Waals surface area contributed by atoms with Crippen molar-refractivity contribution in [3.05, 3.63) is 82.1 Å². The van der Waals surface area contributed by atoms with Crippen LogP contribution in [0.2, 0.25) is 5.02 Å². The SMILES string of the molecule is COc1ccc(F)c(-c2ccc3c(c2Cl)CC[C@H]3Oc2cccc(C(CC(=O)O)C3CC3)c2)c1. The number of carboxylic acids is 1. The van der Waals surface area contributed by atoms with Gasteiger partial charge < -0.3 is 14.6 Å². The Morgan fingerprint density at radius 1 is 1.09 bits per heavy atom. The third-order valence-electron chi connectivity index (χ3n) is 6.90. The summed E-state index contributed by atoms with van der Waals surface area (Å²) in [6, 6.07) is 16.2. The van der Waals surface area contributed by atoms with E-state index in [2.05, 4.69) is 0 Å². The first-order valence-electron chi connectivity index (χ1n) is 11.6. The second-order valence-corrected chi connectivity index (χ2v) is 9.48. The van der Waals surface area contributed by atoms with Gasteiger partial charge in [0, 0.05) is 11.1 Å². The maximum atomic E-state index is 14.6. The van der Waals surface area contributed by atoms with E-state index in [-0.39, 0.29) is 24.3 Å². The van der Waals surface area contributed by atoms with Gasteiger partial charge in [0.1, 0.15) is 23.4 Å². The molecule has 34 heavy (non-hydrogen) atoms. The third kappa shape index (κ3) is 4.49. The molecule has 1 unspecified atom stereocenters. The summed E-state index contributed by atoms with van der Waals surface area (Å²) >= 11 is 6.76. The monoisotopic (exact) mass is 480 g/mol. The lowest BCUT2D eigenvalue weighted by atomic mass is 9.91. The predicted molar refractivity (Wildman–Crippen MR) is 129 cm³/mol. The van der Waals surface area contributed by atoms with Gasteiger partial charge in [0.25, 0.3) is 0 Å². The van der Waals surface area contributed by atoms with E-state index in [1.807, 2.05) is 36.4 Å². The van der Waals surface area contributed by atoms with Gasteiger partial charge in [-0.1, -0.05) is 35.9 Å². The minimum Gasteiger partial charge on any atom is -0.497 e. The van der Waals surface area contributed by atoms with E-state index in [9.17, 15) is 14.3 Å². The molecule has 1 N–H and O–H groups in total. The zero-order valence-corrected chi connectivity index (χ0v) is 19.6. The molecule has 0 radical (unpaired) electrons. The lowest BCUT2D eigenvalue weighted by Crippen LogP contribution is -2.09.